The third kappa shape index (κ3) is 4.50. The van der Waals surface area contributed by atoms with Crippen molar-refractivity contribution >= 4 is 29.2 Å². The number of nitrogens with zero attached hydrogens (tertiary/aromatic N) is 1. The zero-order valence-electron chi connectivity index (χ0n) is 18.2. The Morgan fingerprint density at radius 1 is 1.19 bits per heavy atom. The first-order chi connectivity index (χ1) is 15.3. The largest absolute Gasteiger partial charge is 0.632 e. The number of hydrogen-bond donors (Lipinski definition) is 4. The van der Waals surface area contributed by atoms with Gasteiger partial charge in [-0.3, -0.25) is 14.9 Å². The summed E-state index contributed by atoms with van der Waals surface area (Å²) in [5.41, 5.74) is 5.58. The van der Waals surface area contributed by atoms with Crippen LogP contribution in [0.15, 0.2) is 36.4 Å². The number of nitrogens with two attached hydrogens (primary N) is 1. The number of carbonyl (C=O) groups is 3. The highest BCUT2D eigenvalue weighted by atomic mass is 16.5. The highest BCUT2D eigenvalue weighted by molar-refractivity contribution is 5.99. The fraction of sp³-hybridized carbons (Fsp3) is 0.348. The molecule has 9 nitrogen and oxygen atoms in total. The second-order valence-corrected chi connectivity index (χ2v) is 8.51. The van der Waals surface area contributed by atoms with Crippen molar-refractivity contribution in [1.82, 2.24) is 10.6 Å². The van der Waals surface area contributed by atoms with Crippen molar-refractivity contribution in [1.29, 1.82) is 0 Å². The summed E-state index contributed by atoms with van der Waals surface area (Å²) in [6, 6.07) is 10.3. The van der Waals surface area contributed by atoms with Gasteiger partial charge in [-0.1, -0.05) is 18.2 Å². The molecule has 0 radical (unpaired) electrons. The van der Waals surface area contributed by atoms with Crippen LogP contribution in [0.1, 0.15) is 35.1 Å². The average molecular weight is 439 g/mol. The van der Waals surface area contributed by atoms with Crippen molar-refractivity contribution in [2.75, 3.05) is 12.4 Å². The molecule has 2 aliphatic rings. The first kappa shape index (κ1) is 21.9. The SMILES string of the molecule is C[NH2+]c1cc(NC(=O)NCc2ccc3c(c2)C[N+]([O-])(C2CCC(=O)NC2=O)C3)ccc1C. The van der Waals surface area contributed by atoms with Gasteiger partial charge in [-0.05, 0) is 24.6 Å². The van der Waals surface area contributed by atoms with Crippen LogP contribution in [0, 0.1) is 12.1 Å². The van der Waals surface area contributed by atoms with Crippen LogP contribution in [0.3, 0.4) is 0 Å². The smallest absolute Gasteiger partial charge is 0.319 e. The Bertz CT molecular complexity index is 1090. The molecular formula is C23H28N5O4+. The summed E-state index contributed by atoms with van der Waals surface area (Å²) in [7, 11) is 1.95. The fourth-order valence-corrected chi connectivity index (χ4v) is 4.46. The number of rotatable bonds is 5. The number of urea groups is 1. The van der Waals surface area contributed by atoms with E-state index in [9.17, 15) is 19.6 Å². The number of anilines is 1. The zero-order chi connectivity index (χ0) is 22.9. The van der Waals surface area contributed by atoms with E-state index in [1.165, 1.54) is 0 Å². The minimum absolute atomic E-state index is 0.182. The summed E-state index contributed by atoms with van der Waals surface area (Å²) in [6.07, 6.45) is 0.464. The number of amides is 4. The number of quaternary nitrogens is 2. The molecule has 32 heavy (non-hydrogen) atoms. The number of imide groups is 1. The topological polar surface area (TPSA) is 127 Å². The Balaban J connectivity index is 1.37. The van der Waals surface area contributed by atoms with Gasteiger partial charge in [0.15, 0.2) is 6.04 Å². The van der Waals surface area contributed by atoms with Crippen LogP contribution in [-0.4, -0.2) is 35.6 Å². The van der Waals surface area contributed by atoms with Gasteiger partial charge in [-0.15, -0.1) is 0 Å². The Kier molecular flexibility index (Phi) is 5.96. The summed E-state index contributed by atoms with van der Waals surface area (Å²) < 4.78 is -0.671. The van der Waals surface area contributed by atoms with Gasteiger partial charge < -0.3 is 25.8 Å². The van der Waals surface area contributed by atoms with Gasteiger partial charge in [0.2, 0.25) is 5.91 Å². The van der Waals surface area contributed by atoms with E-state index >= 15 is 0 Å². The lowest BCUT2D eigenvalue weighted by Crippen LogP contribution is -2.73. The van der Waals surface area contributed by atoms with Crippen molar-refractivity contribution in [3.05, 3.63) is 63.9 Å². The van der Waals surface area contributed by atoms with E-state index in [2.05, 4.69) is 16.0 Å². The van der Waals surface area contributed by atoms with E-state index in [4.69, 9.17) is 0 Å². The predicted octanol–water partition coefficient (Wildman–Crippen LogP) is 1.27. The Labute approximate surface area is 186 Å². The third-order valence-corrected chi connectivity index (χ3v) is 6.23. The van der Waals surface area contributed by atoms with E-state index in [0.717, 1.165) is 27.9 Å². The Morgan fingerprint density at radius 3 is 2.72 bits per heavy atom. The Morgan fingerprint density at radius 2 is 1.97 bits per heavy atom. The lowest BCUT2D eigenvalue weighted by Gasteiger charge is -2.45. The lowest BCUT2D eigenvalue weighted by atomic mass is 10.0. The van der Waals surface area contributed by atoms with Crippen LogP contribution in [0.4, 0.5) is 16.2 Å². The second kappa shape index (κ2) is 8.70. The number of aryl methyl sites for hydroxylation is 1. The van der Waals surface area contributed by atoms with Gasteiger partial charge in [0.25, 0.3) is 5.91 Å². The molecule has 5 N–H and O–H groups in total. The van der Waals surface area contributed by atoms with E-state index in [1.807, 2.05) is 55.7 Å². The molecule has 2 heterocycles. The molecule has 4 rings (SSSR count). The zero-order valence-corrected chi connectivity index (χ0v) is 18.2. The van der Waals surface area contributed by atoms with Crippen molar-refractivity contribution in [2.24, 2.45) is 0 Å². The van der Waals surface area contributed by atoms with E-state index < -0.39 is 16.6 Å². The molecule has 0 saturated carbocycles. The standard InChI is InChI=1S/C23H27N5O4/c1-14-3-6-18(10-19(14)24-2)26-23(31)25-11-15-4-5-16-12-28(32,13-17(16)9-15)20-7-8-21(29)27-22(20)30/h3-6,9-10,20,24H,7-8,11-13H2,1-2H3,(H2,25,26,31)(H,27,29,30)/p+1. The minimum atomic E-state index is -0.771. The van der Waals surface area contributed by atoms with Crippen LogP contribution in [0.5, 0.6) is 0 Å². The highest BCUT2D eigenvalue weighted by Gasteiger charge is 2.42. The number of piperidine rings is 1. The van der Waals surface area contributed by atoms with Crippen LogP contribution in [0.25, 0.3) is 0 Å². The Hall–Kier alpha value is -3.27. The van der Waals surface area contributed by atoms with Crippen LogP contribution in [-0.2, 0) is 29.2 Å². The number of benzene rings is 2. The van der Waals surface area contributed by atoms with Crippen molar-refractivity contribution in [3.8, 4) is 0 Å². The molecule has 1 saturated heterocycles. The maximum Gasteiger partial charge on any atom is 0.319 e. The molecule has 0 aromatic heterocycles. The van der Waals surface area contributed by atoms with E-state index in [0.29, 0.717) is 12.2 Å². The normalized spacial score (nSPS) is 22.3. The maximum atomic E-state index is 13.4. The number of fused-ring (bicyclic) bond motifs is 1. The van der Waals surface area contributed by atoms with Crippen molar-refractivity contribution in [3.63, 3.8) is 0 Å². The van der Waals surface area contributed by atoms with Crippen LogP contribution < -0.4 is 21.3 Å². The van der Waals surface area contributed by atoms with Crippen LogP contribution in [0.2, 0.25) is 0 Å². The summed E-state index contributed by atoms with van der Waals surface area (Å²) in [5.74, 6) is -0.807. The van der Waals surface area contributed by atoms with Crippen LogP contribution >= 0.6 is 0 Å². The van der Waals surface area contributed by atoms with Crippen molar-refractivity contribution < 1.29 is 24.3 Å². The van der Waals surface area contributed by atoms with Gasteiger partial charge in [-0.25, -0.2) is 4.79 Å². The first-order valence-electron chi connectivity index (χ1n) is 10.7. The predicted molar refractivity (Wildman–Crippen MR) is 118 cm³/mol. The number of nitrogens with one attached hydrogen (secondary N) is 3. The number of hydroxylamine groups is 3. The highest BCUT2D eigenvalue weighted by Crippen LogP contribution is 2.34. The molecule has 2 atom stereocenters. The van der Waals surface area contributed by atoms with Gasteiger partial charge >= 0.3 is 6.03 Å². The molecule has 0 aliphatic carbocycles. The summed E-state index contributed by atoms with van der Waals surface area (Å²) in [4.78, 5) is 35.9. The van der Waals surface area contributed by atoms with Gasteiger partial charge in [0, 0.05) is 47.8 Å². The molecule has 9 heteroatoms. The molecule has 2 aromatic carbocycles. The summed E-state index contributed by atoms with van der Waals surface area (Å²) in [6.45, 7) is 2.72. The average Bonchev–Trinajstić information content (AvgIpc) is 3.09. The van der Waals surface area contributed by atoms with Gasteiger partial charge in [-0.2, -0.15) is 0 Å². The van der Waals surface area contributed by atoms with E-state index in [-0.39, 0.29) is 37.9 Å². The van der Waals surface area contributed by atoms with E-state index in [1.54, 1.807) is 0 Å². The second-order valence-electron chi connectivity index (χ2n) is 8.51. The fourth-order valence-electron chi connectivity index (χ4n) is 4.46. The number of carbonyl (C=O) groups excluding carboxylic acids is 3. The third-order valence-electron chi connectivity index (χ3n) is 6.23. The minimum Gasteiger partial charge on any atom is -0.632 e. The monoisotopic (exact) mass is 438 g/mol. The molecule has 1 fully saturated rings. The number of hydrogen-bond acceptors (Lipinski definition) is 4. The first-order valence-corrected chi connectivity index (χ1v) is 10.7. The van der Waals surface area contributed by atoms with Gasteiger partial charge in [0.1, 0.15) is 18.8 Å². The molecule has 168 valence electrons. The molecule has 0 spiro atoms. The quantitative estimate of drug-likeness (QED) is 0.243. The molecule has 2 unspecified atom stereocenters. The molecule has 2 aliphatic heterocycles. The maximum absolute atomic E-state index is 13.4. The summed E-state index contributed by atoms with van der Waals surface area (Å²) in [5, 5.41) is 23.3. The van der Waals surface area contributed by atoms with Crippen molar-refractivity contribution in [2.45, 2.75) is 45.4 Å². The van der Waals surface area contributed by atoms with Gasteiger partial charge in [0.05, 0.1) is 7.05 Å². The molecule has 4 amide bonds. The lowest BCUT2D eigenvalue weighted by molar-refractivity contribution is -0.916. The molecular weight excluding hydrogens is 410 g/mol. The molecule has 2 aromatic rings. The molecule has 0 bridgehead atoms. The summed E-state index contributed by atoms with van der Waals surface area (Å²) >= 11 is 0.